The Balaban J connectivity index is 1.83. The molecule has 1 spiro atoms. The van der Waals surface area contributed by atoms with Crippen LogP contribution in [0.15, 0.2) is 0 Å². The van der Waals surface area contributed by atoms with Crippen molar-refractivity contribution in [3.8, 4) is 0 Å². The molecule has 0 aromatic carbocycles. The van der Waals surface area contributed by atoms with Gasteiger partial charge in [-0.1, -0.05) is 0 Å². The summed E-state index contributed by atoms with van der Waals surface area (Å²) in [5.41, 5.74) is -0.622. The highest BCUT2D eigenvalue weighted by atomic mass is 16.6. The molecular weight excluding hydrogens is 160 g/mol. The third kappa shape index (κ3) is 0.252. The fourth-order valence-corrected chi connectivity index (χ4v) is 3.45. The van der Waals surface area contributed by atoms with E-state index in [1.54, 1.807) is 0 Å². The molecule has 6 heteroatoms. The maximum atomic E-state index is 10.8. The summed E-state index contributed by atoms with van der Waals surface area (Å²) < 4.78 is 0. The van der Waals surface area contributed by atoms with E-state index in [1.165, 1.54) is 0 Å². The third-order valence-electron chi connectivity index (χ3n) is 3.88. The minimum atomic E-state index is -0.622. The van der Waals surface area contributed by atoms with Crippen molar-refractivity contribution < 1.29 is 4.92 Å². The topological polar surface area (TPSA) is 52.9 Å². The lowest BCUT2D eigenvalue weighted by Gasteiger charge is -2.87. The van der Waals surface area contributed by atoms with Gasteiger partial charge in [0.2, 0.25) is 5.79 Å². The van der Waals surface area contributed by atoms with E-state index >= 15 is 0 Å². The zero-order chi connectivity index (χ0) is 8.14. The fraction of sp³-hybridized carbons (Fsp3) is 1.00. The highest BCUT2D eigenvalue weighted by Gasteiger charge is 2.94. The molecule has 0 saturated carbocycles. The summed E-state index contributed by atoms with van der Waals surface area (Å²) >= 11 is 0. The lowest BCUT2D eigenvalue weighted by atomic mass is 9.64. The molecule has 4 fully saturated rings. The number of rotatable bonds is 1. The second-order valence-electron chi connectivity index (χ2n) is 4.14. The van der Waals surface area contributed by atoms with Gasteiger partial charge in [0.1, 0.15) is 0 Å². The van der Waals surface area contributed by atoms with Gasteiger partial charge >= 0.3 is 0 Å². The van der Waals surface area contributed by atoms with Crippen molar-refractivity contribution in [2.24, 2.45) is 0 Å². The lowest BCUT2D eigenvalue weighted by molar-refractivity contribution is -0.719. The van der Waals surface area contributed by atoms with Crippen molar-refractivity contribution in [1.82, 2.24) is 14.7 Å². The maximum absolute atomic E-state index is 10.8. The predicted molar refractivity (Wildman–Crippen MR) is 37.4 cm³/mol. The van der Waals surface area contributed by atoms with Crippen LogP contribution in [0.2, 0.25) is 0 Å². The Hall–Kier alpha value is -0.720. The van der Waals surface area contributed by atoms with Crippen LogP contribution in [0.4, 0.5) is 0 Å². The Bertz CT molecular complexity index is 291. The lowest BCUT2D eigenvalue weighted by Crippen LogP contribution is -3.13. The Labute approximate surface area is 68.5 Å². The van der Waals surface area contributed by atoms with Crippen molar-refractivity contribution >= 4 is 0 Å². The van der Waals surface area contributed by atoms with Crippen LogP contribution in [-0.4, -0.2) is 57.4 Å². The minimum Gasteiger partial charge on any atom is -0.264 e. The van der Waals surface area contributed by atoms with E-state index in [0.717, 1.165) is 13.3 Å². The first kappa shape index (κ1) is 5.85. The molecule has 0 aromatic rings. The van der Waals surface area contributed by atoms with Crippen LogP contribution in [0, 0.1) is 10.1 Å². The summed E-state index contributed by atoms with van der Waals surface area (Å²) in [7, 11) is 0. The summed E-state index contributed by atoms with van der Waals surface area (Å²) in [6.45, 7) is 3.19. The summed E-state index contributed by atoms with van der Waals surface area (Å²) in [5, 5.41) is 10.8. The van der Waals surface area contributed by atoms with Crippen LogP contribution in [0.3, 0.4) is 0 Å². The van der Waals surface area contributed by atoms with E-state index in [1.807, 2.05) is 0 Å². The zero-order valence-electron chi connectivity index (χ0n) is 6.43. The van der Waals surface area contributed by atoms with E-state index < -0.39 is 5.54 Å². The van der Waals surface area contributed by atoms with Gasteiger partial charge in [-0.3, -0.25) is 10.1 Å². The first-order chi connectivity index (χ1) is 5.72. The molecule has 0 atom stereocenters. The Morgan fingerprint density at radius 3 is 2.00 bits per heavy atom. The van der Waals surface area contributed by atoms with Crippen LogP contribution >= 0.6 is 0 Å². The molecule has 6 nitrogen and oxygen atoms in total. The molecule has 4 saturated heterocycles. The van der Waals surface area contributed by atoms with Crippen molar-refractivity contribution in [1.29, 1.82) is 0 Å². The normalized spacial score (nSPS) is 55.3. The van der Waals surface area contributed by atoms with Crippen molar-refractivity contribution in [3.05, 3.63) is 10.1 Å². The van der Waals surface area contributed by atoms with Gasteiger partial charge < -0.3 is 0 Å². The van der Waals surface area contributed by atoms with Gasteiger partial charge in [0, 0.05) is 4.92 Å². The number of hydrogen-bond acceptors (Lipinski definition) is 5. The fourth-order valence-electron chi connectivity index (χ4n) is 3.45. The van der Waals surface area contributed by atoms with E-state index in [4.69, 9.17) is 0 Å². The number of nitro groups is 1. The van der Waals surface area contributed by atoms with Gasteiger partial charge in [0.05, 0.1) is 26.4 Å². The summed E-state index contributed by atoms with van der Waals surface area (Å²) in [5.74, 6) is -0.226. The van der Waals surface area contributed by atoms with Crippen LogP contribution < -0.4 is 0 Å². The summed E-state index contributed by atoms with van der Waals surface area (Å²) in [6.07, 6.45) is 0. The molecule has 12 heavy (non-hydrogen) atoms. The van der Waals surface area contributed by atoms with Crippen LogP contribution in [0.25, 0.3) is 0 Å². The highest BCUT2D eigenvalue weighted by molar-refractivity contribution is 5.33. The second kappa shape index (κ2) is 1.19. The van der Waals surface area contributed by atoms with Gasteiger partial charge in [0.25, 0.3) is 5.54 Å². The largest absolute Gasteiger partial charge is 0.292 e. The molecule has 0 radical (unpaired) electrons. The average Bonchev–Trinajstić information content (AvgIpc) is 1.78. The molecule has 0 N–H and O–H groups in total. The minimum absolute atomic E-state index is 0.0781. The van der Waals surface area contributed by atoms with Gasteiger partial charge in [-0.2, -0.15) is 0 Å². The molecule has 0 aromatic heterocycles. The van der Waals surface area contributed by atoms with Crippen molar-refractivity contribution in [2.45, 2.75) is 11.3 Å². The monoisotopic (exact) mass is 168 g/mol. The number of nitrogens with zero attached hydrogens (tertiary/aromatic N) is 4. The molecule has 0 bridgehead atoms. The molecule has 0 aliphatic carbocycles. The Morgan fingerprint density at radius 1 is 1.17 bits per heavy atom. The number of hydrogen-bond donors (Lipinski definition) is 0. The van der Waals surface area contributed by atoms with E-state index in [2.05, 4.69) is 14.7 Å². The molecule has 0 unspecified atom stereocenters. The highest BCUT2D eigenvalue weighted by Crippen LogP contribution is 2.65. The molecule has 0 amide bonds. The van der Waals surface area contributed by atoms with Crippen LogP contribution in [-0.2, 0) is 0 Å². The standard InChI is InChI=1S/C6H8N4O2/c11-10(12)5-1-7-3-9-4-8(2-5)6(5,7)9/h1-4H2. The van der Waals surface area contributed by atoms with E-state index in [0.29, 0.717) is 13.1 Å². The van der Waals surface area contributed by atoms with Gasteiger partial charge in [-0.15, -0.1) is 0 Å². The van der Waals surface area contributed by atoms with Gasteiger partial charge in [-0.25, -0.2) is 14.7 Å². The van der Waals surface area contributed by atoms with Crippen molar-refractivity contribution in [3.63, 3.8) is 0 Å². The molecule has 4 heterocycles. The zero-order valence-corrected chi connectivity index (χ0v) is 6.43. The Kier molecular flexibility index (Phi) is 0.580. The molecule has 4 rings (SSSR count). The predicted octanol–water partition coefficient (Wildman–Crippen LogP) is -1.47. The third-order valence-corrected chi connectivity index (χ3v) is 3.88. The maximum Gasteiger partial charge on any atom is 0.292 e. The molecule has 4 aliphatic heterocycles. The second-order valence-corrected chi connectivity index (χ2v) is 4.14. The first-order valence-corrected chi connectivity index (χ1v) is 4.11. The first-order valence-electron chi connectivity index (χ1n) is 4.11. The average molecular weight is 168 g/mol. The molecule has 64 valence electrons. The summed E-state index contributed by atoms with van der Waals surface area (Å²) in [4.78, 5) is 17.3. The van der Waals surface area contributed by atoms with E-state index in [-0.39, 0.29) is 10.7 Å². The smallest absolute Gasteiger partial charge is 0.264 e. The van der Waals surface area contributed by atoms with Crippen molar-refractivity contribution in [2.75, 3.05) is 26.4 Å². The molecule has 4 aliphatic rings. The van der Waals surface area contributed by atoms with Crippen LogP contribution in [0.1, 0.15) is 0 Å². The van der Waals surface area contributed by atoms with Gasteiger partial charge in [0.15, 0.2) is 0 Å². The molecular formula is C6H8N4O2. The SMILES string of the molecule is O=[N+]([O-])C12CN3CN4CN(C1)C432. The summed E-state index contributed by atoms with van der Waals surface area (Å²) in [6, 6.07) is 0. The quantitative estimate of drug-likeness (QED) is 0.353. The Morgan fingerprint density at radius 2 is 1.75 bits per heavy atom. The van der Waals surface area contributed by atoms with Crippen LogP contribution in [0.5, 0.6) is 0 Å². The van der Waals surface area contributed by atoms with E-state index in [9.17, 15) is 10.1 Å². The van der Waals surface area contributed by atoms with Gasteiger partial charge in [-0.05, 0) is 0 Å².